The highest BCUT2D eigenvalue weighted by molar-refractivity contribution is 5.34. The molecule has 0 fully saturated rings. The molecule has 2 N–H and O–H groups in total. The normalized spacial score (nSPS) is 12.3. The molecule has 17 heavy (non-hydrogen) atoms. The zero-order valence-corrected chi connectivity index (χ0v) is 10.8. The minimum absolute atomic E-state index is 0.358. The Kier molecular flexibility index (Phi) is 5.50. The second kappa shape index (κ2) is 6.92. The van der Waals surface area contributed by atoms with E-state index < -0.39 is 0 Å². The fourth-order valence-corrected chi connectivity index (χ4v) is 1.65. The average Bonchev–Trinajstić information content (AvgIpc) is 2.32. The molecular weight excluding hydrogens is 210 g/mol. The zero-order chi connectivity index (χ0) is 12.7. The van der Waals surface area contributed by atoms with Gasteiger partial charge < -0.3 is 10.4 Å². The molecule has 0 aromatic heterocycles. The molecule has 0 bridgehead atoms. The van der Waals surface area contributed by atoms with Crippen molar-refractivity contribution in [3.8, 4) is 5.75 Å². The largest absolute Gasteiger partial charge is 0.508 e. The highest BCUT2D eigenvalue weighted by atomic mass is 16.3. The van der Waals surface area contributed by atoms with E-state index in [0.29, 0.717) is 5.75 Å². The van der Waals surface area contributed by atoms with E-state index in [9.17, 15) is 5.11 Å². The van der Waals surface area contributed by atoms with Crippen molar-refractivity contribution in [2.75, 3.05) is 6.54 Å². The monoisotopic (exact) mass is 231 g/mol. The molecule has 0 spiro atoms. The number of rotatable bonds is 5. The van der Waals surface area contributed by atoms with Crippen LogP contribution in [-0.2, 0) is 6.54 Å². The molecule has 0 aliphatic carbocycles. The lowest BCUT2D eigenvalue weighted by Crippen LogP contribution is -2.15. The molecule has 0 radical (unpaired) electrons. The molecule has 0 heterocycles. The Labute approximate surface area is 104 Å². The molecule has 92 valence electrons. The lowest BCUT2D eigenvalue weighted by molar-refractivity contribution is 0.470. The molecule has 1 aromatic rings. The lowest BCUT2D eigenvalue weighted by atomic mass is 10.1. The van der Waals surface area contributed by atoms with Gasteiger partial charge in [-0.1, -0.05) is 30.4 Å². The second-order valence-corrected chi connectivity index (χ2v) is 4.09. The number of aryl methyl sites for hydroxylation is 1. The Morgan fingerprint density at radius 1 is 1.35 bits per heavy atom. The summed E-state index contributed by atoms with van der Waals surface area (Å²) in [5.41, 5.74) is 3.39. The summed E-state index contributed by atoms with van der Waals surface area (Å²) in [7, 11) is 0. The van der Waals surface area contributed by atoms with Crippen LogP contribution >= 0.6 is 0 Å². The number of phenols is 1. The molecule has 1 rings (SSSR count). The Balaban J connectivity index is 2.48. The van der Waals surface area contributed by atoms with Crippen LogP contribution in [0.4, 0.5) is 0 Å². The predicted molar refractivity (Wildman–Crippen MR) is 73.1 cm³/mol. The summed E-state index contributed by atoms with van der Waals surface area (Å²) in [6.45, 7) is 7.65. The molecule has 0 aliphatic rings. The number of hydrogen-bond donors (Lipinski definition) is 2. The average molecular weight is 231 g/mol. The Morgan fingerprint density at radius 3 is 2.71 bits per heavy atom. The first-order valence-corrected chi connectivity index (χ1v) is 5.94. The number of allylic oxidation sites excluding steroid dienone is 2. The van der Waals surface area contributed by atoms with E-state index in [1.54, 1.807) is 6.07 Å². The Hall–Kier alpha value is -1.54. The molecule has 0 aliphatic heterocycles. The van der Waals surface area contributed by atoms with Crippen molar-refractivity contribution in [3.05, 3.63) is 53.1 Å². The molecule has 2 nitrogen and oxygen atoms in total. The summed E-state index contributed by atoms with van der Waals surface area (Å²) >= 11 is 0. The van der Waals surface area contributed by atoms with Gasteiger partial charge in [0, 0.05) is 13.1 Å². The summed E-state index contributed by atoms with van der Waals surface area (Å²) in [6.07, 6.45) is 6.26. The number of aromatic hydroxyl groups is 1. The minimum Gasteiger partial charge on any atom is -0.508 e. The molecule has 0 saturated heterocycles. The Bertz CT molecular complexity index is 419. The first-order valence-electron chi connectivity index (χ1n) is 5.94. The quantitative estimate of drug-likeness (QED) is 0.762. The van der Waals surface area contributed by atoms with Crippen LogP contribution in [-0.4, -0.2) is 11.7 Å². The SMILES string of the molecule is C/C=C\C(=C/C)CNCc1ccc(O)c(C)c1. The number of hydrogen-bond acceptors (Lipinski definition) is 2. The number of benzene rings is 1. The van der Waals surface area contributed by atoms with Gasteiger partial charge >= 0.3 is 0 Å². The summed E-state index contributed by atoms with van der Waals surface area (Å²) in [4.78, 5) is 0. The zero-order valence-electron chi connectivity index (χ0n) is 10.8. The first-order chi connectivity index (χ1) is 8.17. The van der Waals surface area contributed by atoms with E-state index in [0.717, 1.165) is 18.7 Å². The van der Waals surface area contributed by atoms with E-state index >= 15 is 0 Å². The summed E-state index contributed by atoms with van der Waals surface area (Å²) in [6, 6.07) is 5.70. The van der Waals surface area contributed by atoms with Gasteiger partial charge in [-0.25, -0.2) is 0 Å². The van der Waals surface area contributed by atoms with Crippen LogP contribution in [0.3, 0.4) is 0 Å². The van der Waals surface area contributed by atoms with Crippen LogP contribution in [0.15, 0.2) is 42.0 Å². The van der Waals surface area contributed by atoms with Gasteiger partial charge in [0.1, 0.15) is 5.75 Å². The maximum absolute atomic E-state index is 9.43. The van der Waals surface area contributed by atoms with Crippen LogP contribution in [0, 0.1) is 6.92 Å². The summed E-state index contributed by atoms with van der Waals surface area (Å²) in [5, 5.41) is 12.8. The van der Waals surface area contributed by atoms with Crippen molar-refractivity contribution in [2.45, 2.75) is 27.3 Å². The fourth-order valence-electron chi connectivity index (χ4n) is 1.65. The summed E-state index contributed by atoms with van der Waals surface area (Å²) < 4.78 is 0. The van der Waals surface area contributed by atoms with E-state index in [2.05, 4.69) is 17.5 Å². The van der Waals surface area contributed by atoms with Crippen LogP contribution < -0.4 is 5.32 Å². The molecule has 1 aromatic carbocycles. The van der Waals surface area contributed by atoms with Crippen LogP contribution in [0.1, 0.15) is 25.0 Å². The lowest BCUT2D eigenvalue weighted by Gasteiger charge is -2.07. The van der Waals surface area contributed by atoms with Crippen molar-refractivity contribution in [2.24, 2.45) is 0 Å². The van der Waals surface area contributed by atoms with Crippen molar-refractivity contribution < 1.29 is 5.11 Å². The number of nitrogens with one attached hydrogen (secondary N) is 1. The maximum Gasteiger partial charge on any atom is 0.118 e. The van der Waals surface area contributed by atoms with Crippen LogP contribution in [0.5, 0.6) is 5.75 Å². The van der Waals surface area contributed by atoms with E-state index in [4.69, 9.17) is 0 Å². The third kappa shape index (κ3) is 4.45. The molecule has 0 saturated carbocycles. The predicted octanol–water partition coefficient (Wildman–Crippen LogP) is 3.31. The highest BCUT2D eigenvalue weighted by Gasteiger charge is 1.98. The molecule has 0 atom stereocenters. The third-order valence-electron chi connectivity index (χ3n) is 2.67. The molecule has 0 unspecified atom stereocenters. The standard InChI is InChI=1S/C15H21NO/c1-4-6-13(5-2)10-16-11-14-7-8-15(17)12(3)9-14/h4-9,16-17H,10-11H2,1-3H3/b6-4-,13-5+. The van der Waals surface area contributed by atoms with E-state index in [1.807, 2.05) is 39.0 Å². The molecule has 2 heteroatoms. The smallest absolute Gasteiger partial charge is 0.118 e. The first kappa shape index (κ1) is 13.5. The van der Waals surface area contributed by atoms with Gasteiger partial charge in [0.05, 0.1) is 0 Å². The third-order valence-corrected chi connectivity index (χ3v) is 2.67. The highest BCUT2D eigenvalue weighted by Crippen LogP contribution is 2.16. The van der Waals surface area contributed by atoms with Gasteiger partial charge in [-0.05, 0) is 43.5 Å². The maximum atomic E-state index is 9.43. The van der Waals surface area contributed by atoms with Crippen molar-refractivity contribution in [3.63, 3.8) is 0 Å². The fraction of sp³-hybridized carbons (Fsp3) is 0.333. The van der Waals surface area contributed by atoms with Gasteiger partial charge in [-0.15, -0.1) is 0 Å². The van der Waals surface area contributed by atoms with Crippen molar-refractivity contribution in [1.29, 1.82) is 0 Å². The van der Waals surface area contributed by atoms with E-state index in [-0.39, 0.29) is 0 Å². The van der Waals surface area contributed by atoms with Gasteiger partial charge in [-0.2, -0.15) is 0 Å². The van der Waals surface area contributed by atoms with Crippen LogP contribution in [0.2, 0.25) is 0 Å². The number of phenolic OH excluding ortho intramolecular Hbond substituents is 1. The topological polar surface area (TPSA) is 32.3 Å². The van der Waals surface area contributed by atoms with Gasteiger partial charge in [0.25, 0.3) is 0 Å². The van der Waals surface area contributed by atoms with Crippen LogP contribution in [0.25, 0.3) is 0 Å². The molecule has 0 amide bonds. The molecular formula is C15H21NO. The van der Waals surface area contributed by atoms with Crippen molar-refractivity contribution in [1.82, 2.24) is 5.32 Å². The van der Waals surface area contributed by atoms with E-state index in [1.165, 1.54) is 11.1 Å². The minimum atomic E-state index is 0.358. The van der Waals surface area contributed by atoms with Gasteiger partial charge in [0.2, 0.25) is 0 Å². The van der Waals surface area contributed by atoms with Gasteiger partial charge in [-0.3, -0.25) is 0 Å². The van der Waals surface area contributed by atoms with Crippen molar-refractivity contribution >= 4 is 0 Å². The Morgan fingerprint density at radius 2 is 2.12 bits per heavy atom. The summed E-state index contributed by atoms with van der Waals surface area (Å²) in [5.74, 6) is 0.358. The second-order valence-electron chi connectivity index (χ2n) is 4.09. The van der Waals surface area contributed by atoms with Gasteiger partial charge in [0.15, 0.2) is 0 Å².